The van der Waals surface area contributed by atoms with Gasteiger partial charge in [0, 0.05) is 13.4 Å². The number of ether oxygens (including phenoxy) is 1. The Kier molecular flexibility index (Phi) is 4.25. The Morgan fingerprint density at radius 2 is 2.05 bits per heavy atom. The first-order valence-corrected chi connectivity index (χ1v) is 8.06. The molecule has 0 unspecified atom stereocenters. The fourth-order valence-corrected chi connectivity index (χ4v) is 2.76. The van der Waals surface area contributed by atoms with Gasteiger partial charge < -0.3 is 4.74 Å². The zero-order valence-corrected chi connectivity index (χ0v) is 14.5. The molecule has 0 spiro atoms. The molecule has 0 aliphatic rings. The van der Waals surface area contributed by atoms with E-state index in [1.807, 2.05) is 42.5 Å². The quantitative estimate of drug-likeness (QED) is 0.530. The monoisotopic (exact) mass is 456 g/mol. The van der Waals surface area contributed by atoms with Gasteiger partial charge in [0.05, 0.1) is 11.7 Å². The van der Waals surface area contributed by atoms with Crippen LogP contribution in [0.3, 0.4) is 0 Å². The molecule has 0 fully saturated rings. The van der Waals surface area contributed by atoms with Crippen LogP contribution in [0, 0.1) is 3.57 Å². The third-order valence-corrected chi connectivity index (χ3v) is 5.28. The Bertz CT molecular complexity index is 802. The predicted molar refractivity (Wildman–Crippen MR) is 92.2 cm³/mol. The number of aromatic nitrogens is 2. The minimum Gasteiger partial charge on any atom is -0.443 e. The van der Waals surface area contributed by atoms with Crippen LogP contribution in [0.2, 0.25) is 0 Å². The van der Waals surface area contributed by atoms with Crippen molar-refractivity contribution in [1.29, 1.82) is 0 Å². The minimum absolute atomic E-state index is 0.231. The zero-order valence-electron chi connectivity index (χ0n) is 10.8. The van der Waals surface area contributed by atoms with E-state index in [2.05, 4.69) is 43.6 Å². The van der Waals surface area contributed by atoms with Gasteiger partial charge in [0.1, 0.15) is 6.61 Å². The van der Waals surface area contributed by atoms with Crippen molar-refractivity contribution >= 4 is 55.5 Å². The number of fused-ring (bicyclic) bond motifs is 1. The van der Waals surface area contributed by atoms with Gasteiger partial charge in [-0.2, -0.15) is 9.78 Å². The van der Waals surface area contributed by atoms with E-state index in [1.54, 1.807) is 6.20 Å². The first-order chi connectivity index (χ1) is 10.1. The van der Waals surface area contributed by atoms with Crippen molar-refractivity contribution in [2.75, 3.05) is 0 Å². The average Bonchev–Trinajstić information content (AvgIpc) is 2.89. The molecule has 3 rings (SSSR count). The van der Waals surface area contributed by atoms with Crippen molar-refractivity contribution in [1.82, 2.24) is 9.78 Å². The molecule has 3 aromatic rings. The highest BCUT2D eigenvalue weighted by atomic mass is 127. The molecule has 0 aliphatic heterocycles. The van der Waals surface area contributed by atoms with Crippen LogP contribution in [0.4, 0.5) is 4.79 Å². The van der Waals surface area contributed by atoms with Gasteiger partial charge in [0.15, 0.2) is 0 Å². The second-order valence-electron chi connectivity index (χ2n) is 4.42. The Balaban J connectivity index is 1.83. The van der Waals surface area contributed by atoms with Gasteiger partial charge >= 0.3 is 6.09 Å². The predicted octanol–water partition coefficient (Wildman–Crippen LogP) is 4.59. The molecule has 21 heavy (non-hydrogen) atoms. The maximum absolute atomic E-state index is 12.2. The number of hydrogen-bond acceptors (Lipinski definition) is 3. The smallest absolute Gasteiger partial charge is 0.435 e. The minimum atomic E-state index is -0.480. The molecule has 0 aliphatic carbocycles. The van der Waals surface area contributed by atoms with Gasteiger partial charge in [-0.3, -0.25) is 0 Å². The zero-order chi connectivity index (χ0) is 14.8. The summed E-state index contributed by atoms with van der Waals surface area (Å²) < 4.78 is 8.57. The van der Waals surface area contributed by atoms with Crippen molar-refractivity contribution in [3.8, 4) is 0 Å². The van der Waals surface area contributed by atoms with E-state index >= 15 is 0 Å². The van der Waals surface area contributed by atoms with Crippen molar-refractivity contribution in [2.45, 2.75) is 6.61 Å². The summed E-state index contributed by atoms with van der Waals surface area (Å²) in [7, 11) is 0. The molecule has 0 N–H and O–H groups in total. The Morgan fingerprint density at radius 1 is 1.29 bits per heavy atom. The van der Waals surface area contributed by atoms with Crippen LogP contribution < -0.4 is 0 Å². The molecule has 0 saturated heterocycles. The number of carbonyl (C=O) groups excluding carboxylic acids is 1. The van der Waals surface area contributed by atoms with Crippen LogP contribution in [0.15, 0.2) is 53.1 Å². The lowest BCUT2D eigenvalue weighted by Crippen LogP contribution is -2.14. The summed E-state index contributed by atoms with van der Waals surface area (Å²) in [6.45, 7) is 0.231. The third kappa shape index (κ3) is 3.11. The highest BCUT2D eigenvalue weighted by Crippen LogP contribution is 2.25. The van der Waals surface area contributed by atoms with Crippen molar-refractivity contribution in [3.05, 3.63) is 62.3 Å². The van der Waals surface area contributed by atoms with Crippen LogP contribution in [-0.2, 0) is 11.3 Å². The third-order valence-electron chi connectivity index (χ3n) is 2.99. The van der Waals surface area contributed by atoms with Crippen LogP contribution in [0.25, 0.3) is 10.9 Å². The van der Waals surface area contributed by atoms with Gasteiger partial charge in [0.2, 0.25) is 0 Å². The Hall–Kier alpha value is -1.41. The summed E-state index contributed by atoms with van der Waals surface area (Å²) >= 11 is 5.66. The Labute approximate surface area is 143 Å². The normalized spacial score (nSPS) is 10.8. The molecule has 106 valence electrons. The van der Waals surface area contributed by atoms with Crippen molar-refractivity contribution < 1.29 is 9.53 Å². The van der Waals surface area contributed by atoms with E-state index < -0.39 is 6.09 Å². The van der Waals surface area contributed by atoms with E-state index in [4.69, 9.17) is 4.74 Å². The van der Waals surface area contributed by atoms with E-state index in [-0.39, 0.29) is 6.61 Å². The second-order valence-corrected chi connectivity index (χ2v) is 6.44. The van der Waals surface area contributed by atoms with Crippen LogP contribution >= 0.6 is 38.5 Å². The largest absolute Gasteiger partial charge is 0.443 e. The van der Waals surface area contributed by atoms with Crippen molar-refractivity contribution in [2.24, 2.45) is 0 Å². The summed E-state index contributed by atoms with van der Waals surface area (Å²) in [5.41, 5.74) is 1.68. The summed E-state index contributed by atoms with van der Waals surface area (Å²) in [5.74, 6) is 0. The number of halogens is 2. The summed E-state index contributed by atoms with van der Waals surface area (Å²) in [5, 5.41) is 5.00. The van der Waals surface area contributed by atoms with Gasteiger partial charge in [0.25, 0.3) is 0 Å². The summed E-state index contributed by atoms with van der Waals surface area (Å²) in [6.07, 6.45) is 1.17. The SMILES string of the molecule is O=C(OCc1ccccc1)n1ncc2cc(Br)c(I)cc21. The fourth-order valence-electron chi connectivity index (χ4n) is 1.95. The lowest BCUT2D eigenvalue weighted by atomic mass is 10.2. The molecule has 0 amide bonds. The maximum atomic E-state index is 12.2. The molecule has 0 atom stereocenters. The number of rotatable bonds is 2. The highest BCUT2D eigenvalue weighted by Gasteiger charge is 2.13. The molecular weight excluding hydrogens is 447 g/mol. The molecule has 6 heteroatoms. The van der Waals surface area contributed by atoms with Crippen molar-refractivity contribution in [3.63, 3.8) is 0 Å². The number of carbonyl (C=O) groups is 1. The van der Waals surface area contributed by atoms with E-state index in [0.29, 0.717) is 0 Å². The number of hydrogen-bond donors (Lipinski definition) is 0. The second kappa shape index (κ2) is 6.15. The summed E-state index contributed by atoms with van der Waals surface area (Å²) in [4.78, 5) is 12.2. The van der Waals surface area contributed by atoms with E-state index in [0.717, 1.165) is 24.5 Å². The average molecular weight is 457 g/mol. The van der Waals surface area contributed by atoms with E-state index in [9.17, 15) is 4.79 Å². The molecular formula is C15H10BrIN2O2. The highest BCUT2D eigenvalue weighted by molar-refractivity contribution is 14.1. The van der Waals surface area contributed by atoms with Gasteiger partial charge in [-0.15, -0.1) is 0 Å². The lowest BCUT2D eigenvalue weighted by Gasteiger charge is -2.06. The van der Waals surface area contributed by atoms with Gasteiger partial charge in [-0.1, -0.05) is 30.3 Å². The van der Waals surface area contributed by atoms with E-state index in [1.165, 1.54) is 4.68 Å². The standard InChI is InChI=1S/C15H10BrIN2O2/c16-12-6-11-8-18-19(14(11)7-13(12)17)15(20)21-9-10-4-2-1-3-5-10/h1-8H,9H2. The summed E-state index contributed by atoms with van der Waals surface area (Å²) in [6, 6.07) is 13.4. The molecule has 0 saturated carbocycles. The van der Waals surface area contributed by atoms with Gasteiger partial charge in [-0.25, -0.2) is 4.79 Å². The molecule has 0 radical (unpaired) electrons. The van der Waals surface area contributed by atoms with Gasteiger partial charge in [-0.05, 0) is 56.2 Å². The van der Waals surface area contributed by atoms with Crippen LogP contribution in [-0.4, -0.2) is 15.9 Å². The molecule has 1 aromatic heterocycles. The first kappa shape index (κ1) is 14.5. The van der Waals surface area contributed by atoms with Crippen LogP contribution in [0.1, 0.15) is 5.56 Å². The molecule has 0 bridgehead atoms. The molecule has 1 heterocycles. The molecule has 2 aromatic carbocycles. The molecule has 4 nitrogen and oxygen atoms in total. The topological polar surface area (TPSA) is 44.1 Å². The number of benzene rings is 2. The maximum Gasteiger partial charge on any atom is 0.435 e. The number of nitrogens with zero attached hydrogens (tertiary/aromatic N) is 2. The fraction of sp³-hybridized carbons (Fsp3) is 0.0667. The first-order valence-electron chi connectivity index (χ1n) is 6.19. The lowest BCUT2D eigenvalue weighted by molar-refractivity contribution is 0.139. The Morgan fingerprint density at radius 3 is 2.81 bits per heavy atom. The van der Waals surface area contributed by atoms with Crippen LogP contribution in [0.5, 0.6) is 0 Å².